The lowest BCUT2D eigenvalue weighted by molar-refractivity contribution is 0.461. The Balaban J connectivity index is 1.65. The van der Waals surface area contributed by atoms with E-state index in [1.807, 2.05) is 18.2 Å². The molecule has 0 fully saturated rings. The molecule has 0 saturated carbocycles. The average Bonchev–Trinajstić information content (AvgIpc) is 2.80. The quantitative estimate of drug-likeness (QED) is 0.343. The van der Waals surface area contributed by atoms with Crippen LogP contribution in [0.1, 0.15) is 65.0 Å². The van der Waals surface area contributed by atoms with Gasteiger partial charge in [-0.25, -0.2) is 18.0 Å². The minimum absolute atomic E-state index is 0.456. The third kappa shape index (κ3) is 5.18. The molecule has 3 aliphatic rings. The van der Waals surface area contributed by atoms with E-state index < -0.39 is 21.4 Å². The first kappa shape index (κ1) is 25.9. The van der Waals surface area contributed by atoms with E-state index in [1.165, 1.54) is 10.9 Å². The first-order valence-corrected chi connectivity index (χ1v) is 15.0. The lowest BCUT2D eigenvalue weighted by atomic mass is 9.87. The largest absolute Gasteiger partial charge is 0.748 e. The van der Waals surface area contributed by atoms with Crippen molar-refractivity contribution in [2.24, 2.45) is 10.9 Å². The summed E-state index contributed by atoms with van der Waals surface area (Å²) in [6, 6.07) is 8.11. The van der Waals surface area contributed by atoms with Crippen LogP contribution in [0.3, 0.4) is 0 Å². The van der Waals surface area contributed by atoms with Crippen LogP contribution >= 0.6 is 0 Å². The summed E-state index contributed by atoms with van der Waals surface area (Å²) in [5, 5.41) is 2.00. The molecule has 2 aromatic carbocycles. The smallest absolute Gasteiger partial charge is 0.207 e. The molecule has 37 heavy (non-hydrogen) atoms. The number of ether oxygens (including phenoxy) is 1. The van der Waals surface area contributed by atoms with Crippen molar-refractivity contribution in [3.63, 3.8) is 0 Å². The normalized spacial score (nSPS) is 17.8. The predicted molar refractivity (Wildman–Crippen MR) is 146 cm³/mol. The van der Waals surface area contributed by atoms with Crippen molar-refractivity contribution in [1.82, 2.24) is 4.58 Å². The number of benzene rings is 2. The molecule has 3 heterocycles. The molecule has 0 aliphatic carbocycles. The minimum Gasteiger partial charge on any atom is -0.748 e. The van der Waals surface area contributed by atoms with Crippen LogP contribution in [0, 0.1) is 5.92 Å². The Morgan fingerprint density at radius 2 is 1.97 bits per heavy atom. The molecule has 0 saturated heterocycles. The van der Waals surface area contributed by atoms with E-state index >= 15 is 0 Å². The van der Waals surface area contributed by atoms with Crippen LogP contribution in [0.15, 0.2) is 35.3 Å². The van der Waals surface area contributed by atoms with Gasteiger partial charge in [0.25, 0.3) is 0 Å². The summed E-state index contributed by atoms with van der Waals surface area (Å²) in [4.78, 5) is 7.24. The molecule has 198 valence electrons. The van der Waals surface area contributed by atoms with Crippen LogP contribution in [0.2, 0.25) is 0 Å². The topological polar surface area (TPSA) is 85.0 Å². The van der Waals surface area contributed by atoms with Gasteiger partial charge in [-0.3, -0.25) is 0 Å². The maximum absolute atomic E-state index is 11.8. The van der Waals surface area contributed by atoms with Gasteiger partial charge in [-0.05, 0) is 63.7 Å². The molecule has 0 bridgehead atoms. The van der Waals surface area contributed by atoms with Gasteiger partial charge in [0.05, 0.1) is 27.5 Å². The van der Waals surface area contributed by atoms with Crippen molar-refractivity contribution in [2.45, 2.75) is 65.8 Å². The van der Waals surface area contributed by atoms with Crippen LogP contribution in [-0.4, -0.2) is 43.9 Å². The Morgan fingerprint density at radius 3 is 2.68 bits per heavy atom. The van der Waals surface area contributed by atoms with Crippen LogP contribution in [0.25, 0.3) is 5.57 Å². The molecule has 2 aromatic rings. The molecule has 0 amide bonds. The average molecular weight is 524 g/mol. The van der Waals surface area contributed by atoms with Crippen LogP contribution < -0.4 is 24.9 Å². The fourth-order valence-electron chi connectivity index (χ4n) is 5.90. The second-order valence-corrected chi connectivity index (χ2v) is 12.8. The minimum atomic E-state index is -4.45. The lowest BCUT2D eigenvalue weighted by Crippen LogP contribution is -2.46. The SMILES string of the molecule is CC[N+]1=c2cc3c(cc2CCC1)=Nc1cc2c(cc1O3)N(CCCC(C)C)C(C)(C)C=C2CS(=O)(=O)[O-]. The Kier molecular flexibility index (Phi) is 6.69. The second-order valence-electron chi connectivity index (χ2n) is 11.4. The first-order chi connectivity index (χ1) is 17.4. The van der Waals surface area contributed by atoms with E-state index in [0.717, 1.165) is 67.7 Å². The van der Waals surface area contributed by atoms with Gasteiger partial charge in [-0.15, -0.1) is 0 Å². The summed E-state index contributed by atoms with van der Waals surface area (Å²) < 4.78 is 44.3. The highest BCUT2D eigenvalue weighted by Crippen LogP contribution is 2.46. The van der Waals surface area contributed by atoms with E-state index in [9.17, 15) is 13.0 Å². The predicted octanol–water partition coefficient (Wildman–Crippen LogP) is 4.16. The van der Waals surface area contributed by atoms with E-state index in [4.69, 9.17) is 9.73 Å². The first-order valence-electron chi connectivity index (χ1n) is 13.4. The summed E-state index contributed by atoms with van der Waals surface area (Å²) in [6.45, 7) is 13.5. The maximum Gasteiger partial charge on any atom is 0.207 e. The van der Waals surface area contributed by atoms with Crippen molar-refractivity contribution in [3.8, 4) is 11.5 Å². The number of hydrogen-bond acceptors (Lipinski definition) is 6. The fourth-order valence-corrected chi connectivity index (χ4v) is 6.52. The van der Waals surface area contributed by atoms with Crippen LogP contribution in [-0.2, 0) is 16.5 Å². The number of anilines is 1. The van der Waals surface area contributed by atoms with Gasteiger partial charge in [0.1, 0.15) is 24.1 Å². The van der Waals surface area contributed by atoms with Crippen LogP contribution in [0.4, 0.5) is 11.4 Å². The zero-order valence-corrected chi connectivity index (χ0v) is 23.3. The fraction of sp³-hybridized carbons (Fsp3) is 0.517. The molecule has 5 rings (SSSR count). The zero-order chi connectivity index (χ0) is 26.5. The summed E-state index contributed by atoms with van der Waals surface area (Å²) >= 11 is 0. The van der Waals surface area contributed by atoms with Crippen molar-refractivity contribution >= 4 is 27.1 Å². The van der Waals surface area contributed by atoms with Crippen molar-refractivity contribution in [2.75, 3.05) is 30.3 Å². The van der Waals surface area contributed by atoms with Gasteiger partial charge in [0.15, 0.2) is 11.5 Å². The van der Waals surface area contributed by atoms with Gasteiger partial charge in [-0.1, -0.05) is 19.9 Å². The molecule has 7 nitrogen and oxygen atoms in total. The second kappa shape index (κ2) is 9.55. The molecule has 3 aliphatic heterocycles. The third-order valence-corrected chi connectivity index (χ3v) is 8.31. The van der Waals surface area contributed by atoms with Gasteiger partial charge in [0.2, 0.25) is 5.36 Å². The molecule has 0 unspecified atom stereocenters. The lowest BCUT2D eigenvalue weighted by Gasteiger charge is -2.44. The highest BCUT2D eigenvalue weighted by Gasteiger charge is 2.34. The number of rotatable bonds is 7. The Hall–Kier alpha value is -2.71. The van der Waals surface area contributed by atoms with E-state index in [-0.39, 0.29) is 0 Å². The Bertz CT molecular complexity index is 1510. The van der Waals surface area contributed by atoms with Crippen LogP contribution in [0.5, 0.6) is 11.5 Å². The molecule has 0 aromatic heterocycles. The van der Waals surface area contributed by atoms with E-state index in [1.54, 1.807) is 0 Å². The van der Waals surface area contributed by atoms with E-state index in [0.29, 0.717) is 22.9 Å². The molecule has 8 heteroatoms. The van der Waals surface area contributed by atoms with Gasteiger partial charge in [0, 0.05) is 35.8 Å². The number of hydrogen-bond donors (Lipinski definition) is 0. The molecular weight excluding hydrogens is 486 g/mol. The van der Waals surface area contributed by atoms with Crippen molar-refractivity contribution in [1.29, 1.82) is 0 Å². The molecule has 0 radical (unpaired) electrons. The third-order valence-electron chi connectivity index (χ3n) is 7.65. The summed E-state index contributed by atoms with van der Waals surface area (Å²) in [5.74, 6) is 1.45. The Morgan fingerprint density at radius 1 is 1.19 bits per heavy atom. The number of aryl methyl sites for hydroxylation is 1. The van der Waals surface area contributed by atoms with E-state index in [2.05, 4.69) is 56.2 Å². The highest BCUT2D eigenvalue weighted by atomic mass is 32.2. The molecule has 0 spiro atoms. The summed E-state index contributed by atoms with van der Waals surface area (Å²) in [5.41, 5.74) is 3.64. The molecule has 0 N–H and O–H groups in total. The number of fused-ring (bicyclic) bond motifs is 4. The van der Waals surface area contributed by atoms with Crippen molar-refractivity contribution < 1.29 is 17.7 Å². The monoisotopic (exact) mass is 523 g/mol. The summed E-state index contributed by atoms with van der Waals surface area (Å²) in [7, 11) is -4.45. The highest BCUT2D eigenvalue weighted by molar-refractivity contribution is 7.86. The van der Waals surface area contributed by atoms with Gasteiger partial charge < -0.3 is 14.2 Å². The zero-order valence-electron chi connectivity index (χ0n) is 22.5. The Labute approximate surface area is 219 Å². The summed E-state index contributed by atoms with van der Waals surface area (Å²) in [6.07, 6.45) is 6.16. The standard InChI is InChI=1S/C29H37N3O4S/c1-6-31-11-8-10-20-13-23-27(15-25(20)31)36-28-16-26-22(14-24(28)30-23)21(18-37(33,34)35)17-29(4,5)32(26)12-7-9-19(2)3/h13-17,19H,6-12,18H2,1-5H3. The number of nitrogens with zero attached hydrogens (tertiary/aromatic N) is 3. The molecule has 0 atom stereocenters. The van der Waals surface area contributed by atoms with Gasteiger partial charge >= 0.3 is 0 Å². The van der Waals surface area contributed by atoms with Gasteiger partial charge in [-0.2, -0.15) is 0 Å². The molecular formula is C29H37N3O4S. The van der Waals surface area contributed by atoms with Crippen molar-refractivity contribution in [3.05, 3.63) is 52.2 Å². The maximum atomic E-state index is 11.8.